The standard InChI is InChI=1S/C16H16N2.C2H6/c1-13-12-16(14-8-4-2-5-9-14)18(17-13)15-10-6-3-7-11-15;1-2/h2,4-6,8-12H,3,7H2,1H3;1-2H3. The SMILES string of the molecule is CC.Cc1cc(-c2ccccc2)n(C2=CCCC=C2)n1. The molecule has 20 heavy (non-hydrogen) atoms. The predicted octanol–water partition coefficient (Wildman–Crippen LogP) is 5.08. The second-order valence-corrected chi connectivity index (χ2v) is 4.56. The summed E-state index contributed by atoms with van der Waals surface area (Å²) in [6.45, 7) is 6.04. The number of aryl methyl sites for hydroxylation is 1. The Morgan fingerprint density at radius 3 is 2.45 bits per heavy atom. The molecule has 1 aromatic carbocycles. The molecule has 2 aromatic rings. The van der Waals surface area contributed by atoms with Crippen molar-refractivity contribution in [1.82, 2.24) is 9.78 Å². The first-order valence-electron chi connectivity index (χ1n) is 7.34. The Morgan fingerprint density at radius 1 is 1.05 bits per heavy atom. The van der Waals surface area contributed by atoms with Gasteiger partial charge in [-0.15, -0.1) is 0 Å². The Labute approximate surface area is 121 Å². The summed E-state index contributed by atoms with van der Waals surface area (Å²) in [6.07, 6.45) is 8.84. The predicted molar refractivity (Wildman–Crippen MR) is 86.4 cm³/mol. The number of hydrogen-bond donors (Lipinski definition) is 0. The quantitative estimate of drug-likeness (QED) is 0.741. The van der Waals surface area contributed by atoms with Gasteiger partial charge >= 0.3 is 0 Å². The summed E-state index contributed by atoms with van der Waals surface area (Å²) in [5.41, 5.74) is 4.59. The molecule has 0 spiro atoms. The Hall–Kier alpha value is -2.09. The molecule has 2 heteroatoms. The third kappa shape index (κ3) is 3.08. The summed E-state index contributed by atoms with van der Waals surface area (Å²) in [7, 11) is 0. The summed E-state index contributed by atoms with van der Waals surface area (Å²) in [4.78, 5) is 0. The molecule has 1 aliphatic rings. The van der Waals surface area contributed by atoms with Gasteiger partial charge in [0.25, 0.3) is 0 Å². The maximum absolute atomic E-state index is 4.61. The van der Waals surface area contributed by atoms with E-state index in [9.17, 15) is 0 Å². The van der Waals surface area contributed by atoms with Crippen LogP contribution >= 0.6 is 0 Å². The van der Waals surface area contributed by atoms with E-state index in [4.69, 9.17) is 0 Å². The van der Waals surface area contributed by atoms with Crippen molar-refractivity contribution in [3.8, 4) is 11.3 Å². The summed E-state index contributed by atoms with van der Waals surface area (Å²) in [5, 5.41) is 4.61. The molecule has 1 aliphatic carbocycles. The molecule has 0 atom stereocenters. The van der Waals surface area contributed by atoms with Gasteiger partial charge in [0.2, 0.25) is 0 Å². The fourth-order valence-corrected chi connectivity index (χ4v) is 2.27. The van der Waals surface area contributed by atoms with E-state index >= 15 is 0 Å². The number of aromatic nitrogens is 2. The lowest BCUT2D eigenvalue weighted by molar-refractivity contribution is 0.878. The van der Waals surface area contributed by atoms with Crippen LogP contribution in [-0.4, -0.2) is 9.78 Å². The lowest BCUT2D eigenvalue weighted by Gasteiger charge is -2.11. The van der Waals surface area contributed by atoms with Crippen LogP contribution in [0.1, 0.15) is 32.4 Å². The monoisotopic (exact) mass is 266 g/mol. The first-order valence-corrected chi connectivity index (χ1v) is 7.34. The summed E-state index contributed by atoms with van der Waals surface area (Å²) < 4.78 is 2.04. The minimum atomic E-state index is 1.05. The van der Waals surface area contributed by atoms with Crippen molar-refractivity contribution in [2.45, 2.75) is 33.6 Å². The highest BCUT2D eigenvalue weighted by Gasteiger charge is 2.10. The maximum Gasteiger partial charge on any atom is 0.0743 e. The van der Waals surface area contributed by atoms with Crippen molar-refractivity contribution in [2.75, 3.05) is 0 Å². The molecule has 0 amide bonds. The average Bonchev–Trinajstić information content (AvgIpc) is 2.93. The smallest absolute Gasteiger partial charge is 0.0743 e. The Morgan fingerprint density at radius 2 is 1.80 bits per heavy atom. The van der Waals surface area contributed by atoms with Crippen molar-refractivity contribution in [3.05, 3.63) is 60.3 Å². The molecular formula is C18H22N2. The summed E-state index contributed by atoms with van der Waals surface area (Å²) >= 11 is 0. The Balaban J connectivity index is 0.000000704. The fourth-order valence-electron chi connectivity index (χ4n) is 2.27. The second-order valence-electron chi connectivity index (χ2n) is 4.56. The number of hydrogen-bond acceptors (Lipinski definition) is 1. The highest BCUT2D eigenvalue weighted by atomic mass is 15.3. The Kier molecular flexibility index (Phi) is 4.94. The molecule has 0 N–H and O–H groups in total. The van der Waals surface area contributed by atoms with Gasteiger partial charge in [-0.1, -0.05) is 56.3 Å². The second kappa shape index (κ2) is 6.90. The van der Waals surface area contributed by atoms with Crippen molar-refractivity contribution < 1.29 is 0 Å². The summed E-state index contributed by atoms with van der Waals surface area (Å²) in [5.74, 6) is 0. The van der Waals surface area contributed by atoms with Gasteiger partial charge in [0, 0.05) is 5.56 Å². The van der Waals surface area contributed by atoms with Crippen molar-refractivity contribution >= 4 is 5.70 Å². The van der Waals surface area contributed by atoms with Crippen molar-refractivity contribution in [3.63, 3.8) is 0 Å². The van der Waals surface area contributed by atoms with E-state index in [1.165, 1.54) is 11.3 Å². The summed E-state index contributed by atoms with van der Waals surface area (Å²) in [6, 6.07) is 12.6. The normalized spacial score (nSPS) is 13.4. The van der Waals surface area contributed by atoms with Crippen LogP contribution in [0.4, 0.5) is 0 Å². The van der Waals surface area contributed by atoms with E-state index in [2.05, 4.69) is 53.7 Å². The number of benzene rings is 1. The molecule has 0 saturated heterocycles. The molecule has 2 nitrogen and oxygen atoms in total. The number of rotatable bonds is 2. The van der Waals surface area contributed by atoms with Gasteiger partial charge in [-0.25, -0.2) is 4.68 Å². The minimum Gasteiger partial charge on any atom is -0.233 e. The highest BCUT2D eigenvalue weighted by molar-refractivity contribution is 5.69. The zero-order chi connectivity index (χ0) is 14.4. The van der Waals surface area contributed by atoms with Gasteiger partial charge in [0.05, 0.1) is 17.1 Å². The van der Waals surface area contributed by atoms with E-state index in [0.29, 0.717) is 0 Å². The first kappa shape index (κ1) is 14.3. The van der Waals surface area contributed by atoms with Crippen LogP contribution in [-0.2, 0) is 0 Å². The van der Waals surface area contributed by atoms with Gasteiger partial charge < -0.3 is 0 Å². The number of nitrogens with zero attached hydrogens (tertiary/aromatic N) is 2. The van der Waals surface area contributed by atoms with Gasteiger partial charge in [-0.2, -0.15) is 5.10 Å². The minimum absolute atomic E-state index is 1.05. The van der Waals surface area contributed by atoms with E-state index in [-0.39, 0.29) is 0 Å². The molecule has 0 radical (unpaired) electrons. The highest BCUT2D eigenvalue weighted by Crippen LogP contribution is 2.25. The molecule has 104 valence electrons. The van der Waals surface area contributed by atoms with Crippen LogP contribution in [0, 0.1) is 6.92 Å². The first-order chi connectivity index (χ1) is 9.84. The topological polar surface area (TPSA) is 17.8 Å². The number of allylic oxidation sites excluding steroid dienone is 4. The maximum atomic E-state index is 4.61. The Bertz CT molecular complexity index is 604. The van der Waals surface area contributed by atoms with E-state index in [1.807, 2.05) is 31.5 Å². The third-order valence-electron chi connectivity index (χ3n) is 3.12. The fraction of sp³-hybridized carbons (Fsp3) is 0.278. The molecule has 0 fully saturated rings. The zero-order valence-corrected chi connectivity index (χ0v) is 12.5. The molecule has 1 heterocycles. The van der Waals surface area contributed by atoms with Crippen LogP contribution in [0.5, 0.6) is 0 Å². The molecular weight excluding hydrogens is 244 g/mol. The molecule has 0 bridgehead atoms. The third-order valence-corrected chi connectivity index (χ3v) is 3.12. The van der Waals surface area contributed by atoms with Crippen molar-refractivity contribution in [2.24, 2.45) is 0 Å². The van der Waals surface area contributed by atoms with Gasteiger partial charge in [-0.3, -0.25) is 0 Å². The largest absolute Gasteiger partial charge is 0.233 e. The molecule has 0 aliphatic heterocycles. The molecule has 0 saturated carbocycles. The average molecular weight is 266 g/mol. The molecule has 3 rings (SSSR count). The lowest BCUT2D eigenvalue weighted by atomic mass is 10.1. The molecule has 0 unspecified atom stereocenters. The van der Waals surface area contributed by atoms with Crippen molar-refractivity contribution in [1.29, 1.82) is 0 Å². The zero-order valence-electron chi connectivity index (χ0n) is 12.5. The lowest BCUT2D eigenvalue weighted by Crippen LogP contribution is -2.01. The van der Waals surface area contributed by atoms with E-state index in [0.717, 1.165) is 24.2 Å². The van der Waals surface area contributed by atoms with Crippen LogP contribution in [0.25, 0.3) is 17.0 Å². The van der Waals surface area contributed by atoms with Crippen LogP contribution in [0.15, 0.2) is 54.6 Å². The van der Waals surface area contributed by atoms with Gasteiger partial charge in [-0.05, 0) is 31.9 Å². The molecule has 1 aromatic heterocycles. The van der Waals surface area contributed by atoms with Crippen LogP contribution < -0.4 is 0 Å². The van der Waals surface area contributed by atoms with E-state index in [1.54, 1.807) is 0 Å². The van der Waals surface area contributed by atoms with E-state index < -0.39 is 0 Å². The van der Waals surface area contributed by atoms with Crippen LogP contribution in [0.2, 0.25) is 0 Å². The van der Waals surface area contributed by atoms with Gasteiger partial charge in [0.15, 0.2) is 0 Å². The van der Waals surface area contributed by atoms with Crippen LogP contribution in [0.3, 0.4) is 0 Å². The van der Waals surface area contributed by atoms with Gasteiger partial charge in [0.1, 0.15) is 0 Å².